The van der Waals surface area contributed by atoms with Crippen molar-refractivity contribution in [3.63, 3.8) is 0 Å². The van der Waals surface area contributed by atoms with Crippen LogP contribution < -0.4 is 0 Å². The predicted molar refractivity (Wildman–Crippen MR) is 63.0 cm³/mol. The molecule has 0 saturated carbocycles. The number of halogens is 1. The molecule has 66 valence electrons. The van der Waals surface area contributed by atoms with Gasteiger partial charge in [0.1, 0.15) is 0 Å². The summed E-state index contributed by atoms with van der Waals surface area (Å²) in [4.78, 5) is 0. The van der Waals surface area contributed by atoms with E-state index >= 15 is 0 Å². The molecule has 1 atom stereocenters. The third kappa shape index (κ3) is 3.13. The normalized spacial score (nSPS) is 12.9. The Bertz CT molecular complexity index is 243. The van der Waals surface area contributed by atoms with Gasteiger partial charge in [0.05, 0.1) is 0 Å². The molecule has 1 heteroatoms. The van der Waals surface area contributed by atoms with Gasteiger partial charge >= 0.3 is 0 Å². The lowest BCUT2D eigenvalue weighted by Gasteiger charge is -2.06. The fourth-order valence-electron chi connectivity index (χ4n) is 1.24. The van der Waals surface area contributed by atoms with Gasteiger partial charge in [0, 0.05) is 3.92 Å². The molecular formula is C11H15I. The molecule has 0 fully saturated rings. The molecule has 0 aromatic heterocycles. The molecule has 0 heterocycles. The molecule has 0 saturated heterocycles. The largest absolute Gasteiger partial charge is 0.0823 e. The zero-order chi connectivity index (χ0) is 8.97. The average Bonchev–Trinajstić information content (AvgIpc) is 2.04. The van der Waals surface area contributed by atoms with E-state index in [4.69, 9.17) is 0 Å². The second-order valence-corrected chi connectivity index (χ2v) is 4.96. The van der Waals surface area contributed by atoms with E-state index < -0.39 is 0 Å². The van der Waals surface area contributed by atoms with E-state index in [9.17, 15) is 0 Å². The molecule has 0 radical (unpaired) electrons. The minimum Gasteiger partial charge on any atom is -0.0823 e. The Morgan fingerprint density at radius 2 is 2.17 bits per heavy atom. The van der Waals surface area contributed by atoms with E-state index in [1.54, 1.807) is 0 Å². The monoisotopic (exact) mass is 274 g/mol. The lowest BCUT2D eigenvalue weighted by molar-refractivity contribution is 0.844. The fourth-order valence-corrected chi connectivity index (χ4v) is 1.75. The van der Waals surface area contributed by atoms with Crippen LogP contribution in [0.15, 0.2) is 24.3 Å². The quantitative estimate of drug-likeness (QED) is 0.581. The van der Waals surface area contributed by atoms with Crippen molar-refractivity contribution >= 4 is 22.6 Å². The summed E-state index contributed by atoms with van der Waals surface area (Å²) in [6, 6.07) is 8.79. The molecule has 1 rings (SSSR count). The van der Waals surface area contributed by atoms with Crippen LogP contribution >= 0.6 is 22.6 Å². The van der Waals surface area contributed by atoms with Gasteiger partial charge in [-0.2, -0.15) is 0 Å². The van der Waals surface area contributed by atoms with Crippen LogP contribution in [0.5, 0.6) is 0 Å². The predicted octanol–water partition coefficient (Wildman–Crippen LogP) is 3.75. The molecule has 1 aromatic rings. The third-order valence-corrected chi connectivity index (χ3v) is 3.30. The maximum Gasteiger partial charge on any atom is 0.0147 e. The van der Waals surface area contributed by atoms with Crippen LogP contribution in [-0.2, 0) is 6.42 Å². The standard InChI is InChI=1S/C11H15I/c1-3-11(12)8-10-6-4-5-9(2)7-10/h4-7,11H,3,8H2,1-2H3/t11-/m0/s1. The maximum absolute atomic E-state index is 2.52. The Morgan fingerprint density at radius 3 is 2.75 bits per heavy atom. The smallest absolute Gasteiger partial charge is 0.0147 e. The van der Waals surface area contributed by atoms with Gasteiger partial charge in [0.2, 0.25) is 0 Å². The van der Waals surface area contributed by atoms with Crippen molar-refractivity contribution in [3.05, 3.63) is 35.4 Å². The zero-order valence-electron chi connectivity index (χ0n) is 7.68. The van der Waals surface area contributed by atoms with Crippen LogP contribution in [-0.4, -0.2) is 3.92 Å². The number of benzene rings is 1. The first kappa shape index (κ1) is 10.0. The van der Waals surface area contributed by atoms with Crippen LogP contribution in [0.25, 0.3) is 0 Å². The molecular weight excluding hydrogens is 259 g/mol. The molecule has 0 aliphatic carbocycles. The van der Waals surface area contributed by atoms with Crippen LogP contribution in [0.2, 0.25) is 0 Å². The van der Waals surface area contributed by atoms with E-state index in [0.717, 1.165) is 3.92 Å². The molecule has 0 unspecified atom stereocenters. The topological polar surface area (TPSA) is 0 Å². The summed E-state index contributed by atoms with van der Waals surface area (Å²) in [7, 11) is 0. The fraction of sp³-hybridized carbons (Fsp3) is 0.455. The van der Waals surface area contributed by atoms with Gasteiger partial charge in [-0.25, -0.2) is 0 Å². The molecule has 0 bridgehead atoms. The van der Waals surface area contributed by atoms with Crippen molar-refractivity contribution in [1.29, 1.82) is 0 Å². The van der Waals surface area contributed by atoms with E-state index in [0.29, 0.717) is 0 Å². The summed E-state index contributed by atoms with van der Waals surface area (Å²) in [5, 5.41) is 0. The van der Waals surface area contributed by atoms with Crippen LogP contribution in [0.3, 0.4) is 0 Å². The molecule has 1 aromatic carbocycles. The van der Waals surface area contributed by atoms with E-state index in [-0.39, 0.29) is 0 Å². The number of rotatable bonds is 3. The molecule has 0 nitrogen and oxygen atoms in total. The Kier molecular flexibility index (Phi) is 4.06. The number of hydrogen-bond acceptors (Lipinski definition) is 0. The summed E-state index contributed by atoms with van der Waals surface area (Å²) in [5.74, 6) is 0. The van der Waals surface area contributed by atoms with Gasteiger partial charge in [-0.3, -0.25) is 0 Å². The summed E-state index contributed by atoms with van der Waals surface area (Å²) < 4.78 is 0.782. The third-order valence-electron chi connectivity index (χ3n) is 1.98. The van der Waals surface area contributed by atoms with Crippen molar-refractivity contribution in [3.8, 4) is 0 Å². The highest BCUT2D eigenvalue weighted by atomic mass is 127. The number of hydrogen-bond donors (Lipinski definition) is 0. The summed E-state index contributed by atoms with van der Waals surface area (Å²) in [6.07, 6.45) is 2.47. The molecule has 0 aliphatic rings. The van der Waals surface area contributed by atoms with Gasteiger partial charge in [-0.05, 0) is 25.3 Å². The summed E-state index contributed by atoms with van der Waals surface area (Å²) in [5.41, 5.74) is 2.84. The summed E-state index contributed by atoms with van der Waals surface area (Å²) in [6.45, 7) is 4.39. The van der Waals surface area contributed by atoms with Crippen LogP contribution in [0, 0.1) is 6.92 Å². The first-order valence-electron chi connectivity index (χ1n) is 4.42. The lowest BCUT2D eigenvalue weighted by Crippen LogP contribution is -2.00. The highest BCUT2D eigenvalue weighted by molar-refractivity contribution is 14.1. The molecule has 0 spiro atoms. The maximum atomic E-state index is 2.52. The van der Waals surface area contributed by atoms with E-state index in [1.807, 2.05) is 0 Å². The Hall–Kier alpha value is -0.0500. The lowest BCUT2D eigenvalue weighted by atomic mass is 10.1. The SMILES string of the molecule is CC[C@H](I)Cc1cccc(C)c1. The average molecular weight is 274 g/mol. The first-order chi connectivity index (χ1) is 5.72. The van der Waals surface area contributed by atoms with Gasteiger partial charge in [-0.1, -0.05) is 59.3 Å². The molecule has 0 amide bonds. The van der Waals surface area contributed by atoms with Crippen molar-refractivity contribution in [2.45, 2.75) is 30.6 Å². The minimum atomic E-state index is 0.782. The second-order valence-electron chi connectivity index (χ2n) is 3.20. The van der Waals surface area contributed by atoms with Gasteiger partial charge in [-0.15, -0.1) is 0 Å². The zero-order valence-corrected chi connectivity index (χ0v) is 9.84. The van der Waals surface area contributed by atoms with Crippen molar-refractivity contribution < 1.29 is 0 Å². The summed E-state index contributed by atoms with van der Waals surface area (Å²) >= 11 is 2.52. The molecule has 0 aliphatic heterocycles. The van der Waals surface area contributed by atoms with Gasteiger partial charge < -0.3 is 0 Å². The number of aryl methyl sites for hydroxylation is 1. The Morgan fingerprint density at radius 1 is 1.42 bits per heavy atom. The first-order valence-corrected chi connectivity index (χ1v) is 5.66. The van der Waals surface area contributed by atoms with Crippen LogP contribution in [0.4, 0.5) is 0 Å². The second kappa shape index (κ2) is 4.85. The van der Waals surface area contributed by atoms with E-state index in [1.165, 1.54) is 24.0 Å². The van der Waals surface area contributed by atoms with Gasteiger partial charge in [0.25, 0.3) is 0 Å². The number of alkyl halides is 1. The molecule has 12 heavy (non-hydrogen) atoms. The van der Waals surface area contributed by atoms with Gasteiger partial charge in [0.15, 0.2) is 0 Å². The van der Waals surface area contributed by atoms with Crippen molar-refractivity contribution in [1.82, 2.24) is 0 Å². The van der Waals surface area contributed by atoms with E-state index in [2.05, 4.69) is 60.7 Å². The minimum absolute atomic E-state index is 0.782. The van der Waals surface area contributed by atoms with Crippen molar-refractivity contribution in [2.75, 3.05) is 0 Å². The Labute approximate surface area is 88.5 Å². The highest BCUT2D eigenvalue weighted by Gasteiger charge is 2.01. The highest BCUT2D eigenvalue weighted by Crippen LogP contribution is 2.14. The van der Waals surface area contributed by atoms with Crippen molar-refractivity contribution in [2.24, 2.45) is 0 Å². The Balaban J connectivity index is 2.63. The molecule has 0 N–H and O–H groups in total. The van der Waals surface area contributed by atoms with Crippen LogP contribution in [0.1, 0.15) is 24.5 Å².